The minimum absolute atomic E-state index is 0.0225. The molecule has 0 saturated carbocycles. The van der Waals surface area contributed by atoms with E-state index in [0.717, 1.165) is 5.56 Å². The summed E-state index contributed by atoms with van der Waals surface area (Å²) in [5.74, 6) is -1.90. The van der Waals surface area contributed by atoms with Crippen LogP contribution in [0.1, 0.15) is 46.6 Å². The van der Waals surface area contributed by atoms with Crippen molar-refractivity contribution in [3.63, 3.8) is 0 Å². The van der Waals surface area contributed by atoms with Gasteiger partial charge < -0.3 is 29.7 Å². The van der Waals surface area contributed by atoms with Crippen molar-refractivity contribution in [2.24, 2.45) is 11.8 Å². The first-order valence-electron chi connectivity index (χ1n) is 12.4. The van der Waals surface area contributed by atoms with Crippen LogP contribution >= 0.6 is 0 Å². The first-order chi connectivity index (χ1) is 17.3. The second-order valence-electron chi connectivity index (χ2n) is 10.4. The Bertz CT molecular complexity index is 958. The molecule has 1 heterocycles. The van der Waals surface area contributed by atoms with E-state index in [4.69, 9.17) is 9.47 Å². The van der Waals surface area contributed by atoms with Gasteiger partial charge in [0.05, 0.1) is 6.54 Å². The maximum Gasteiger partial charge on any atom is 0.410 e. The van der Waals surface area contributed by atoms with Crippen molar-refractivity contribution >= 4 is 24.1 Å². The third-order valence-corrected chi connectivity index (χ3v) is 6.04. The van der Waals surface area contributed by atoms with Crippen LogP contribution in [0.4, 0.5) is 9.59 Å². The number of aliphatic carboxylic acids is 1. The van der Waals surface area contributed by atoms with Gasteiger partial charge in [0.2, 0.25) is 5.91 Å². The van der Waals surface area contributed by atoms with Gasteiger partial charge in [0.1, 0.15) is 24.3 Å². The van der Waals surface area contributed by atoms with Gasteiger partial charge in [-0.1, -0.05) is 50.3 Å². The average Bonchev–Trinajstić information content (AvgIpc) is 3.26. The van der Waals surface area contributed by atoms with Crippen LogP contribution < -0.4 is 5.32 Å². The zero-order valence-electron chi connectivity index (χ0n) is 22.3. The number of hydrogen-bond acceptors (Lipinski definition) is 6. The molecular weight excluding hydrogens is 478 g/mol. The largest absolute Gasteiger partial charge is 0.480 e. The lowest BCUT2D eigenvalue weighted by Crippen LogP contribution is -2.57. The van der Waals surface area contributed by atoms with Crippen LogP contribution in [0.2, 0.25) is 0 Å². The molecule has 1 fully saturated rings. The first-order valence-corrected chi connectivity index (χ1v) is 12.4. The summed E-state index contributed by atoms with van der Waals surface area (Å²) >= 11 is 0. The topological polar surface area (TPSA) is 125 Å². The number of rotatable bonds is 10. The van der Waals surface area contributed by atoms with Crippen LogP contribution in [0, 0.1) is 11.8 Å². The van der Waals surface area contributed by atoms with Gasteiger partial charge in [0, 0.05) is 13.1 Å². The molecule has 0 aliphatic carbocycles. The van der Waals surface area contributed by atoms with E-state index in [9.17, 15) is 24.3 Å². The van der Waals surface area contributed by atoms with E-state index in [1.54, 1.807) is 20.8 Å². The predicted molar refractivity (Wildman–Crippen MR) is 138 cm³/mol. The molecule has 1 aromatic rings. The Morgan fingerprint density at radius 3 is 2.41 bits per heavy atom. The number of alkyl carbamates (subject to hydrolysis) is 1. The fraction of sp³-hybridized carbons (Fsp3) is 0.556. The summed E-state index contributed by atoms with van der Waals surface area (Å²) in [6, 6.07) is 6.83. The van der Waals surface area contributed by atoms with E-state index in [-0.39, 0.29) is 38.1 Å². The number of benzene rings is 1. The zero-order chi connectivity index (χ0) is 27.8. The highest BCUT2D eigenvalue weighted by molar-refractivity contribution is 5.90. The van der Waals surface area contributed by atoms with Crippen molar-refractivity contribution in [2.75, 3.05) is 19.6 Å². The number of carboxylic acids is 1. The van der Waals surface area contributed by atoms with E-state index in [2.05, 4.69) is 11.9 Å². The molecular formula is C27H39N3O7. The SMILES string of the molecule is C=CCN(C[C@H](NC(=O)OC(C)(C)C)C(=O)N1CC[C@H](C(C)C)[C@H]1C(=O)O)C(=O)OCc1ccccc1. The molecule has 37 heavy (non-hydrogen) atoms. The molecule has 0 aromatic heterocycles. The third-order valence-electron chi connectivity index (χ3n) is 6.04. The van der Waals surface area contributed by atoms with Crippen molar-refractivity contribution < 1.29 is 33.8 Å². The minimum atomic E-state index is -1.26. The number of likely N-dealkylation sites (tertiary alicyclic amines) is 1. The maximum atomic E-state index is 13.7. The monoisotopic (exact) mass is 517 g/mol. The Morgan fingerprint density at radius 2 is 1.86 bits per heavy atom. The van der Waals surface area contributed by atoms with Crippen LogP contribution in [0.15, 0.2) is 43.0 Å². The molecule has 3 atom stereocenters. The van der Waals surface area contributed by atoms with Crippen molar-refractivity contribution in [3.05, 3.63) is 48.6 Å². The van der Waals surface area contributed by atoms with E-state index in [1.165, 1.54) is 15.9 Å². The number of nitrogens with one attached hydrogen (secondary N) is 1. The van der Waals surface area contributed by atoms with Crippen molar-refractivity contribution in [2.45, 2.75) is 65.3 Å². The predicted octanol–water partition coefficient (Wildman–Crippen LogP) is 3.66. The molecule has 10 nitrogen and oxygen atoms in total. The average molecular weight is 518 g/mol. The molecule has 0 bridgehead atoms. The summed E-state index contributed by atoms with van der Waals surface area (Å²) in [6.07, 6.45) is 0.441. The smallest absolute Gasteiger partial charge is 0.410 e. The first kappa shape index (κ1) is 29.7. The summed E-state index contributed by atoms with van der Waals surface area (Å²) in [6.45, 7) is 12.6. The van der Waals surface area contributed by atoms with Gasteiger partial charge in [-0.25, -0.2) is 14.4 Å². The highest BCUT2D eigenvalue weighted by atomic mass is 16.6. The zero-order valence-corrected chi connectivity index (χ0v) is 22.3. The van der Waals surface area contributed by atoms with Crippen LogP contribution in [0.5, 0.6) is 0 Å². The Labute approximate surface area is 218 Å². The summed E-state index contributed by atoms with van der Waals surface area (Å²) in [4.78, 5) is 53.8. The summed E-state index contributed by atoms with van der Waals surface area (Å²) in [5, 5.41) is 12.4. The highest BCUT2D eigenvalue weighted by Crippen LogP contribution is 2.31. The van der Waals surface area contributed by atoms with Crippen molar-refractivity contribution in [1.82, 2.24) is 15.1 Å². The molecule has 0 unspecified atom stereocenters. The molecule has 2 rings (SSSR count). The summed E-state index contributed by atoms with van der Waals surface area (Å²) in [5.41, 5.74) is -0.0393. The Morgan fingerprint density at radius 1 is 1.22 bits per heavy atom. The van der Waals surface area contributed by atoms with E-state index >= 15 is 0 Å². The van der Waals surface area contributed by atoms with Crippen molar-refractivity contribution in [1.29, 1.82) is 0 Å². The van der Waals surface area contributed by atoms with E-state index in [1.807, 2.05) is 44.2 Å². The van der Waals surface area contributed by atoms with E-state index in [0.29, 0.717) is 6.42 Å². The molecule has 0 spiro atoms. The van der Waals surface area contributed by atoms with Crippen LogP contribution in [-0.4, -0.2) is 76.3 Å². The van der Waals surface area contributed by atoms with Crippen molar-refractivity contribution in [3.8, 4) is 0 Å². The third kappa shape index (κ3) is 8.80. The molecule has 2 N–H and O–H groups in total. The molecule has 0 radical (unpaired) electrons. The van der Waals surface area contributed by atoms with Crippen LogP contribution in [0.3, 0.4) is 0 Å². The van der Waals surface area contributed by atoms with E-state index < -0.39 is 41.7 Å². The lowest BCUT2D eigenvalue weighted by molar-refractivity contribution is -0.151. The fourth-order valence-electron chi connectivity index (χ4n) is 4.32. The second-order valence-corrected chi connectivity index (χ2v) is 10.4. The molecule has 1 saturated heterocycles. The summed E-state index contributed by atoms with van der Waals surface area (Å²) < 4.78 is 10.7. The Hall–Kier alpha value is -3.56. The molecule has 1 aromatic carbocycles. The number of carboxylic acid groups (broad SMARTS) is 1. The Kier molecular flexibility index (Phi) is 10.5. The number of hydrogen-bond donors (Lipinski definition) is 2. The number of carbonyl (C=O) groups is 4. The highest BCUT2D eigenvalue weighted by Gasteiger charge is 2.45. The Balaban J connectivity index is 2.27. The lowest BCUT2D eigenvalue weighted by atomic mass is 9.88. The van der Waals surface area contributed by atoms with Gasteiger partial charge in [0.25, 0.3) is 0 Å². The van der Waals surface area contributed by atoms with Gasteiger partial charge in [-0.05, 0) is 44.6 Å². The number of nitrogens with zero attached hydrogens (tertiary/aromatic N) is 2. The lowest BCUT2D eigenvalue weighted by Gasteiger charge is -2.32. The van der Waals surface area contributed by atoms with Crippen LogP contribution in [0.25, 0.3) is 0 Å². The number of amides is 3. The molecule has 204 valence electrons. The maximum absolute atomic E-state index is 13.7. The van der Waals surface area contributed by atoms with Gasteiger partial charge >= 0.3 is 18.2 Å². The van der Waals surface area contributed by atoms with Gasteiger partial charge in [-0.3, -0.25) is 4.79 Å². The van der Waals surface area contributed by atoms with Gasteiger partial charge in [-0.2, -0.15) is 0 Å². The number of ether oxygens (including phenoxy) is 2. The minimum Gasteiger partial charge on any atom is -0.480 e. The standard InChI is InChI=1S/C27H39N3O7/c1-7-14-29(26(35)36-17-19-11-9-8-10-12-19)16-21(28-25(34)37-27(4,5)6)23(31)30-15-13-20(18(2)3)22(30)24(32)33/h7-12,18,20-22H,1,13-17H2,2-6H3,(H,28,34)(H,32,33)/t20-,21+,22+/m1/s1. The number of carbonyl (C=O) groups excluding carboxylic acids is 3. The fourth-order valence-corrected chi connectivity index (χ4v) is 4.32. The molecule has 1 aliphatic heterocycles. The van der Waals surface area contributed by atoms with Gasteiger partial charge in [0.15, 0.2) is 0 Å². The summed E-state index contributed by atoms with van der Waals surface area (Å²) in [7, 11) is 0. The molecule has 1 aliphatic rings. The van der Waals surface area contributed by atoms with Gasteiger partial charge in [-0.15, -0.1) is 6.58 Å². The second kappa shape index (κ2) is 13.1. The normalized spacial score (nSPS) is 18.2. The quantitative estimate of drug-likeness (QED) is 0.454. The molecule has 3 amide bonds. The molecule has 10 heteroatoms. The van der Waals surface area contributed by atoms with Crippen LogP contribution in [-0.2, 0) is 25.7 Å².